The summed E-state index contributed by atoms with van der Waals surface area (Å²) >= 11 is 0. The molecule has 1 aromatic heterocycles. The van der Waals surface area contributed by atoms with Crippen LogP contribution in [0.4, 0.5) is 26.1 Å². The summed E-state index contributed by atoms with van der Waals surface area (Å²) in [5.74, 6) is 1.37. The number of anilines is 3. The van der Waals surface area contributed by atoms with E-state index in [1.54, 1.807) is 4.90 Å². The molecule has 0 unspecified atom stereocenters. The zero-order chi connectivity index (χ0) is 11.8. The van der Waals surface area contributed by atoms with Gasteiger partial charge in [0.15, 0.2) is 11.6 Å². The average molecular weight is 241 g/mol. The Morgan fingerprint density at radius 3 is 3.00 bits per heavy atom. The SMILES string of the molecule is FC(F)CN1CCN2CCNc3ncnc1c32. The third kappa shape index (κ3) is 1.75. The second-order valence-corrected chi connectivity index (χ2v) is 4.15. The van der Waals surface area contributed by atoms with Crippen molar-refractivity contribution in [1.82, 2.24) is 9.97 Å². The van der Waals surface area contributed by atoms with E-state index in [9.17, 15) is 8.78 Å². The fourth-order valence-electron chi connectivity index (χ4n) is 2.36. The summed E-state index contributed by atoms with van der Waals surface area (Å²) in [6.07, 6.45) is -0.919. The molecule has 5 nitrogen and oxygen atoms in total. The number of nitrogens with zero attached hydrogens (tertiary/aromatic N) is 4. The van der Waals surface area contributed by atoms with Gasteiger partial charge in [-0.1, -0.05) is 0 Å². The Balaban J connectivity index is 2.00. The van der Waals surface area contributed by atoms with Crippen molar-refractivity contribution in [3.05, 3.63) is 6.33 Å². The normalized spacial score (nSPS) is 18.1. The summed E-state index contributed by atoms with van der Waals surface area (Å²) in [4.78, 5) is 12.1. The van der Waals surface area contributed by atoms with Crippen molar-refractivity contribution in [3.8, 4) is 0 Å². The Morgan fingerprint density at radius 1 is 1.29 bits per heavy atom. The first-order valence-electron chi connectivity index (χ1n) is 5.62. The molecule has 2 aliphatic heterocycles. The summed E-state index contributed by atoms with van der Waals surface area (Å²) in [6, 6.07) is 0. The van der Waals surface area contributed by atoms with E-state index in [1.807, 2.05) is 0 Å². The maximum atomic E-state index is 12.5. The van der Waals surface area contributed by atoms with Crippen molar-refractivity contribution in [2.45, 2.75) is 6.43 Å². The third-order valence-corrected chi connectivity index (χ3v) is 3.09. The van der Waals surface area contributed by atoms with Gasteiger partial charge in [-0.15, -0.1) is 0 Å². The minimum Gasteiger partial charge on any atom is -0.366 e. The highest BCUT2D eigenvalue weighted by Crippen LogP contribution is 2.37. The summed E-state index contributed by atoms with van der Waals surface area (Å²) in [5.41, 5.74) is 0.866. The van der Waals surface area contributed by atoms with Crippen molar-refractivity contribution in [2.75, 3.05) is 47.8 Å². The molecule has 17 heavy (non-hydrogen) atoms. The molecule has 1 N–H and O–H groups in total. The molecule has 0 saturated heterocycles. The molecule has 7 heteroatoms. The quantitative estimate of drug-likeness (QED) is 0.829. The lowest BCUT2D eigenvalue weighted by Crippen LogP contribution is -2.47. The number of aromatic nitrogens is 2. The van der Waals surface area contributed by atoms with Gasteiger partial charge in [0.2, 0.25) is 0 Å². The molecule has 0 radical (unpaired) electrons. The number of hydrogen-bond acceptors (Lipinski definition) is 5. The number of nitrogens with one attached hydrogen (secondary N) is 1. The van der Waals surface area contributed by atoms with Gasteiger partial charge in [-0.05, 0) is 0 Å². The van der Waals surface area contributed by atoms with Crippen molar-refractivity contribution in [3.63, 3.8) is 0 Å². The van der Waals surface area contributed by atoms with Crippen LogP contribution >= 0.6 is 0 Å². The van der Waals surface area contributed by atoms with Gasteiger partial charge in [0.05, 0.1) is 6.54 Å². The summed E-state index contributed by atoms with van der Waals surface area (Å²) < 4.78 is 25.0. The topological polar surface area (TPSA) is 44.3 Å². The van der Waals surface area contributed by atoms with E-state index in [1.165, 1.54) is 6.33 Å². The largest absolute Gasteiger partial charge is 0.366 e. The first-order valence-corrected chi connectivity index (χ1v) is 5.62. The van der Waals surface area contributed by atoms with Crippen LogP contribution < -0.4 is 15.1 Å². The second-order valence-electron chi connectivity index (χ2n) is 4.15. The lowest BCUT2D eigenvalue weighted by molar-refractivity contribution is 0.154. The van der Waals surface area contributed by atoms with Gasteiger partial charge in [0.1, 0.15) is 12.0 Å². The maximum Gasteiger partial charge on any atom is 0.255 e. The van der Waals surface area contributed by atoms with Crippen LogP contribution in [0, 0.1) is 0 Å². The Bertz CT molecular complexity index is 425. The van der Waals surface area contributed by atoms with Gasteiger partial charge >= 0.3 is 0 Å². The fourth-order valence-corrected chi connectivity index (χ4v) is 2.36. The lowest BCUT2D eigenvalue weighted by Gasteiger charge is -2.40. The molecule has 3 heterocycles. The van der Waals surface area contributed by atoms with Gasteiger partial charge in [-0.25, -0.2) is 18.7 Å². The van der Waals surface area contributed by atoms with Crippen LogP contribution in [0.2, 0.25) is 0 Å². The van der Waals surface area contributed by atoms with Gasteiger partial charge in [-0.2, -0.15) is 0 Å². The monoisotopic (exact) mass is 241 g/mol. The average Bonchev–Trinajstić information content (AvgIpc) is 2.33. The first kappa shape index (κ1) is 10.5. The van der Waals surface area contributed by atoms with Crippen LogP contribution in [0.5, 0.6) is 0 Å². The third-order valence-electron chi connectivity index (χ3n) is 3.09. The highest BCUT2D eigenvalue weighted by Gasteiger charge is 2.30. The molecular weight excluding hydrogens is 228 g/mol. The number of halogens is 2. The van der Waals surface area contributed by atoms with Gasteiger partial charge in [0.25, 0.3) is 6.43 Å². The Hall–Kier alpha value is -1.66. The Morgan fingerprint density at radius 2 is 2.18 bits per heavy atom. The van der Waals surface area contributed by atoms with E-state index in [0.29, 0.717) is 12.4 Å². The highest BCUT2D eigenvalue weighted by atomic mass is 19.3. The Kier molecular flexibility index (Phi) is 2.45. The smallest absolute Gasteiger partial charge is 0.255 e. The predicted octanol–water partition coefficient (Wildman–Crippen LogP) is 0.794. The summed E-state index contributed by atoms with van der Waals surface area (Å²) in [6.45, 7) is 2.78. The van der Waals surface area contributed by atoms with E-state index in [0.717, 1.165) is 31.1 Å². The fraction of sp³-hybridized carbons (Fsp3) is 0.600. The minimum atomic E-state index is -2.34. The van der Waals surface area contributed by atoms with Gasteiger partial charge in [-0.3, -0.25) is 0 Å². The van der Waals surface area contributed by atoms with E-state index in [2.05, 4.69) is 20.2 Å². The molecular formula is C10H13F2N5. The van der Waals surface area contributed by atoms with Crippen LogP contribution in [0.1, 0.15) is 0 Å². The number of hydrogen-bond donors (Lipinski definition) is 1. The molecule has 0 amide bonds. The maximum absolute atomic E-state index is 12.5. The zero-order valence-corrected chi connectivity index (χ0v) is 9.24. The van der Waals surface area contributed by atoms with Crippen LogP contribution in [0.25, 0.3) is 0 Å². The van der Waals surface area contributed by atoms with E-state index in [-0.39, 0.29) is 6.54 Å². The molecule has 0 atom stereocenters. The molecule has 92 valence electrons. The van der Waals surface area contributed by atoms with Crippen LogP contribution in [-0.2, 0) is 0 Å². The molecule has 0 spiro atoms. The number of rotatable bonds is 2. The van der Waals surface area contributed by atoms with E-state index in [4.69, 9.17) is 0 Å². The van der Waals surface area contributed by atoms with Crippen molar-refractivity contribution < 1.29 is 8.78 Å². The molecule has 2 aliphatic rings. The standard InChI is InChI=1S/C10H13F2N5/c11-7(12)5-17-4-3-16-2-1-13-9-8(16)10(17)15-6-14-9/h6-7H,1-5H2,(H,13,14,15). The highest BCUT2D eigenvalue weighted by molar-refractivity contribution is 5.81. The van der Waals surface area contributed by atoms with Crippen LogP contribution in [-0.4, -0.2) is 49.1 Å². The molecule has 0 saturated carbocycles. The predicted molar refractivity (Wildman–Crippen MR) is 61.0 cm³/mol. The second kappa shape index (κ2) is 3.97. The molecule has 3 rings (SSSR count). The van der Waals surface area contributed by atoms with Crippen LogP contribution in [0.15, 0.2) is 6.33 Å². The molecule has 1 aromatic rings. The Labute approximate surface area is 97.4 Å². The molecule has 0 fully saturated rings. The molecule has 0 aliphatic carbocycles. The van der Waals surface area contributed by atoms with Gasteiger partial charge < -0.3 is 15.1 Å². The zero-order valence-electron chi connectivity index (χ0n) is 9.24. The number of alkyl halides is 2. The molecule has 0 bridgehead atoms. The van der Waals surface area contributed by atoms with Gasteiger partial charge in [0, 0.05) is 26.2 Å². The summed E-state index contributed by atoms with van der Waals surface area (Å²) in [5, 5.41) is 3.17. The van der Waals surface area contributed by atoms with Crippen molar-refractivity contribution in [1.29, 1.82) is 0 Å². The van der Waals surface area contributed by atoms with E-state index < -0.39 is 6.43 Å². The molecule has 0 aromatic carbocycles. The lowest BCUT2D eigenvalue weighted by atomic mass is 10.2. The van der Waals surface area contributed by atoms with Crippen LogP contribution in [0.3, 0.4) is 0 Å². The van der Waals surface area contributed by atoms with Crippen molar-refractivity contribution in [2.24, 2.45) is 0 Å². The summed E-state index contributed by atoms with van der Waals surface area (Å²) in [7, 11) is 0. The minimum absolute atomic E-state index is 0.267. The first-order chi connectivity index (χ1) is 8.25. The van der Waals surface area contributed by atoms with E-state index >= 15 is 0 Å². The van der Waals surface area contributed by atoms with Crippen molar-refractivity contribution >= 4 is 17.3 Å².